The zero-order valence-electron chi connectivity index (χ0n) is 25.6. The second-order valence-electron chi connectivity index (χ2n) is 10.9. The molecule has 0 saturated carbocycles. The highest BCUT2D eigenvalue weighted by Gasteiger charge is 2.28. The molecule has 1 aromatic carbocycles. The van der Waals surface area contributed by atoms with Crippen LogP contribution in [0.1, 0.15) is 71.4 Å². The van der Waals surface area contributed by atoms with Crippen LogP contribution in [0.4, 0.5) is 0 Å². The molecule has 5 rings (SSSR count). The topological polar surface area (TPSA) is 62.5 Å². The third-order valence-electron chi connectivity index (χ3n) is 8.06. The van der Waals surface area contributed by atoms with Gasteiger partial charge >= 0.3 is 0 Å². The van der Waals surface area contributed by atoms with Crippen molar-refractivity contribution in [2.24, 2.45) is 12.0 Å². The number of carbonyl (C=O) groups is 1. The normalized spacial score (nSPS) is 16.3. The molecule has 228 valence electrons. The molecule has 3 heterocycles. The van der Waals surface area contributed by atoms with E-state index < -0.39 is 0 Å². The third kappa shape index (κ3) is 7.78. The van der Waals surface area contributed by atoms with E-state index in [0.717, 1.165) is 37.9 Å². The number of aromatic nitrogens is 2. The average molecular weight is 629 g/mol. The van der Waals surface area contributed by atoms with Gasteiger partial charge in [-0.05, 0) is 67.0 Å². The lowest BCUT2D eigenvalue weighted by atomic mass is 9.90. The molecule has 0 radical (unpaired) electrons. The lowest BCUT2D eigenvalue weighted by Gasteiger charge is -2.35. The number of aliphatic imine (C=N–C) groups is 1. The Bertz CT molecular complexity index is 1630. The second-order valence-corrected chi connectivity index (χ2v) is 11.8. The number of nitrogens with one attached hydrogen (secondary N) is 1. The van der Waals surface area contributed by atoms with Crippen LogP contribution >= 0.6 is 23.2 Å². The van der Waals surface area contributed by atoms with E-state index in [1.807, 2.05) is 18.3 Å². The summed E-state index contributed by atoms with van der Waals surface area (Å²) in [6.07, 6.45) is 23.2. The Balaban J connectivity index is 0.00000216. The minimum absolute atomic E-state index is 0.220. The third-order valence-corrected chi connectivity index (χ3v) is 8.69. The summed E-state index contributed by atoms with van der Waals surface area (Å²) in [5.41, 5.74) is 8.85. The summed E-state index contributed by atoms with van der Waals surface area (Å²) >= 11 is 12.6. The van der Waals surface area contributed by atoms with E-state index in [-0.39, 0.29) is 22.6 Å². The number of hydrogen-bond acceptors (Lipinski definition) is 4. The van der Waals surface area contributed by atoms with Crippen molar-refractivity contribution in [3.63, 3.8) is 0 Å². The maximum absolute atomic E-state index is 13.0. The zero-order valence-corrected chi connectivity index (χ0v) is 27.1. The molecule has 6 nitrogen and oxygen atoms in total. The van der Waals surface area contributed by atoms with Gasteiger partial charge in [-0.1, -0.05) is 65.7 Å². The van der Waals surface area contributed by atoms with E-state index >= 15 is 0 Å². The first-order valence-corrected chi connectivity index (χ1v) is 15.5. The van der Waals surface area contributed by atoms with Gasteiger partial charge in [-0.2, -0.15) is 0 Å². The monoisotopic (exact) mass is 627 g/mol. The smallest absolute Gasteiger partial charge is 0.254 e. The van der Waals surface area contributed by atoms with Crippen LogP contribution in [-0.2, 0) is 37.9 Å². The van der Waals surface area contributed by atoms with E-state index in [4.69, 9.17) is 28.2 Å². The Kier molecular flexibility index (Phi) is 11.8. The van der Waals surface area contributed by atoms with Gasteiger partial charge in [-0.3, -0.25) is 19.7 Å². The molecule has 1 amide bonds. The highest BCUT2D eigenvalue weighted by Crippen LogP contribution is 2.36. The fourth-order valence-electron chi connectivity index (χ4n) is 5.90. The summed E-state index contributed by atoms with van der Waals surface area (Å²) in [5.74, 6) is -0.306. The van der Waals surface area contributed by atoms with Crippen LogP contribution < -0.4 is 5.32 Å². The Morgan fingerprint density at radius 3 is 2.77 bits per heavy atom. The molecule has 0 spiro atoms. The highest BCUT2D eigenvalue weighted by atomic mass is 35.5. The number of allylic oxidation sites excluding steroid dienone is 2. The molecule has 1 aliphatic heterocycles. The number of nitrogens with zero attached hydrogens (tertiary/aromatic N) is 4. The predicted octanol–water partition coefficient (Wildman–Crippen LogP) is 7.75. The number of fused-ring (bicyclic) bond motifs is 1. The average Bonchev–Trinajstić information content (AvgIpc) is 3.18. The molecule has 0 bridgehead atoms. The Morgan fingerprint density at radius 1 is 1.18 bits per heavy atom. The van der Waals surface area contributed by atoms with Crippen LogP contribution in [0.15, 0.2) is 81.7 Å². The molecular weight excluding hydrogens is 589 g/mol. The Labute approximate surface area is 271 Å². The summed E-state index contributed by atoms with van der Waals surface area (Å²) < 4.78 is 2.21. The number of halogens is 2. The first-order chi connectivity index (χ1) is 21.4. The van der Waals surface area contributed by atoms with Crippen molar-refractivity contribution < 1.29 is 4.79 Å². The lowest BCUT2D eigenvalue weighted by molar-refractivity contribution is -0.117. The Morgan fingerprint density at radius 2 is 1.98 bits per heavy atom. The fraction of sp³-hybridized carbons (Fsp3) is 0.306. The van der Waals surface area contributed by atoms with Crippen LogP contribution in [0.25, 0.3) is 6.08 Å². The van der Waals surface area contributed by atoms with Crippen molar-refractivity contribution in [2.45, 2.75) is 65.2 Å². The number of hydrogen-bond donors (Lipinski definition) is 1. The van der Waals surface area contributed by atoms with Crippen LogP contribution in [0.3, 0.4) is 0 Å². The van der Waals surface area contributed by atoms with Crippen molar-refractivity contribution in [2.75, 3.05) is 0 Å². The van der Waals surface area contributed by atoms with Gasteiger partial charge < -0.3 is 9.88 Å². The van der Waals surface area contributed by atoms with Gasteiger partial charge in [0.1, 0.15) is 0 Å². The highest BCUT2D eigenvalue weighted by molar-refractivity contribution is 6.40. The fourth-order valence-corrected chi connectivity index (χ4v) is 6.46. The minimum atomic E-state index is -0.306. The number of pyridine rings is 1. The van der Waals surface area contributed by atoms with Crippen molar-refractivity contribution in [3.8, 4) is 12.8 Å². The largest absolute Gasteiger partial charge is 0.354 e. The standard InChI is InChI=1S/C34H37Cl2N5O.C2H2/c1-4-8-28-23(2)40(3)21-27(28)22-41(31-13-6-11-26-12-7-15-38-33(26)31)20-25-10-5-9-24(17-25)18-39-34(42)32-29(35)14-16-37-19-30(32)36;1-2/h4-5,7-10,12,15-17,19,21,31H,6,11,13-14,18,20,22H2,1-3H3,(H,39,42);1-2H/b8-4-;. The van der Waals surface area contributed by atoms with Gasteiger partial charge in [0.2, 0.25) is 0 Å². The molecule has 8 heteroatoms. The molecule has 2 aliphatic rings. The van der Waals surface area contributed by atoms with Gasteiger partial charge in [-0.15, -0.1) is 12.8 Å². The molecule has 1 unspecified atom stereocenters. The van der Waals surface area contributed by atoms with E-state index in [1.165, 1.54) is 39.8 Å². The maximum atomic E-state index is 13.0. The van der Waals surface area contributed by atoms with Crippen molar-refractivity contribution >= 4 is 41.4 Å². The van der Waals surface area contributed by atoms with Gasteiger partial charge in [0.15, 0.2) is 0 Å². The number of terminal acetylenes is 1. The number of carbonyl (C=O) groups excluding carboxylic acids is 1. The van der Waals surface area contributed by atoms with E-state index in [2.05, 4.69) is 96.1 Å². The van der Waals surface area contributed by atoms with Gasteiger partial charge in [-0.25, -0.2) is 0 Å². The van der Waals surface area contributed by atoms with Crippen LogP contribution in [0.5, 0.6) is 0 Å². The molecular formula is C36H39Cl2N5O. The van der Waals surface area contributed by atoms with E-state index in [1.54, 1.807) is 6.21 Å². The van der Waals surface area contributed by atoms with Gasteiger partial charge in [0.05, 0.1) is 22.3 Å². The first kappa shape index (κ1) is 33.0. The lowest BCUT2D eigenvalue weighted by Crippen LogP contribution is -2.31. The molecule has 44 heavy (non-hydrogen) atoms. The zero-order chi connectivity index (χ0) is 31.6. The molecule has 0 fully saturated rings. The predicted molar refractivity (Wildman–Crippen MR) is 182 cm³/mol. The quantitative estimate of drug-likeness (QED) is 0.247. The molecule has 1 N–H and O–H groups in total. The van der Waals surface area contributed by atoms with Crippen LogP contribution in [0.2, 0.25) is 0 Å². The minimum Gasteiger partial charge on any atom is -0.354 e. The van der Waals surface area contributed by atoms with Gasteiger partial charge in [0, 0.05) is 68.6 Å². The second kappa shape index (κ2) is 15.7. The summed E-state index contributed by atoms with van der Waals surface area (Å²) in [4.78, 5) is 24.5. The van der Waals surface area contributed by atoms with E-state index in [9.17, 15) is 4.79 Å². The molecule has 0 saturated heterocycles. The number of rotatable bonds is 9. The van der Waals surface area contributed by atoms with Crippen molar-refractivity contribution in [1.82, 2.24) is 19.8 Å². The summed E-state index contributed by atoms with van der Waals surface area (Å²) in [6, 6.07) is 12.9. The summed E-state index contributed by atoms with van der Waals surface area (Å²) in [6.45, 7) is 6.17. The number of aryl methyl sites for hydroxylation is 2. The first-order valence-electron chi connectivity index (χ1n) is 14.8. The van der Waals surface area contributed by atoms with Crippen molar-refractivity contribution in [3.05, 3.63) is 116 Å². The summed E-state index contributed by atoms with van der Waals surface area (Å²) in [7, 11) is 2.11. The van der Waals surface area contributed by atoms with Gasteiger partial charge in [0.25, 0.3) is 5.91 Å². The Hall–Kier alpha value is -3.89. The molecule has 1 atom stereocenters. The van der Waals surface area contributed by atoms with Crippen LogP contribution in [-0.4, -0.2) is 26.6 Å². The maximum Gasteiger partial charge on any atom is 0.254 e. The van der Waals surface area contributed by atoms with E-state index in [0.29, 0.717) is 18.0 Å². The molecule has 2 aromatic heterocycles. The SMILES string of the molecule is C#C.C/C=C\c1c(CN(Cc2cccc(CNC(=O)C3=C(Cl)CC=NC=C3Cl)c2)C2CCCc3cccnc32)cn(C)c1C. The number of amides is 1. The summed E-state index contributed by atoms with van der Waals surface area (Å²) in [5, 5.41) is 3.61. The van der Waals surface area contributed by atoms with Crippen LogP contribution in [0, 0.1) is 19.8 Å². The number of benzene rings is 1. The molecule has 1 aliphatic carbocycles. The van der Waals surface area contributed by atoms with Crippen molar-refractivity contribution in [1.29, 1.82) is 0 Å². The molecule has 3 aromatic rings.